The van der Waals surface area contributed by atoms with Crippen molar-refractivity contribution < 1.29 is 4.92 Å². The number of para-hydroxylation sites is 2. The van der Waals surface area contributed by atoms with Crippen molar-refractivity contribution in [1.29, 1.82) is 0 Å². The number of nitro benzene ring substituents is 1. The molecule has 0 bridgehead atoms. The van der Waals surface area contributed by atoms with E-state index in [0.717, 1.165) is 0 Å². The van der Waals surface area contributed by atoms with Crippen molar-refractivity contribution in [2.75, 3.05) is 11.9 Å². The fourth-order valence-corrected chi connectivity index (χ4v) is 1.07. The van der Waals surface area contributed by atoms with Gasteiger partial charge < -0.3 is 5.32 Å². The number of benzene rings is 1. The van der Waals surface area contributed by atoms with Gasteiger partial charge in [0, 0.05) is 12.6 Å². The summed E-state index contributed by atoms with van der Waals surface area (Å²) in [5, 5.41) is 13.6. The zero-order valence-electron chi connectivity index (χ0n) is 7.93. The standard InChI is InChI=1S/C10H12N2O2/c1-2-3-8-11-9-6-4-5-7-10(9)12(13)14/h2-7,11H,8H2,1H3. The summed E-state index contributed by atoms with van der Waals surface area (Å²) in [6, 6.07) is 6.60. The fraction of sp³-hybridized carbons (Fsp3) is 0.200. The van der Waals surface area contributed by atoms with Crippen LogP contribution < -0.4 is 5.32 Å². The van der Waals surface area contributed by atoms with Crippen LogP contribution >= 0.6 is 0 Å². The molecule has 0 aliphatic rings. The van der Waals surface area contributed by atoms with Gasteiger partial charge in [0.25, 0.3) is 5.69 Å². The van der Waals surface area contributed by atoms with Crippen LogP contribution in [0.4, 0.5) is 11.4 Å². The maximum Gasteiger partial charge on any atom is 0.292 e. The quantitative estimate of drug-likeness (QED) is 0.453. The Kier molecular flexibility index (Phi) is 3.67. The average molecular weight is 192 g/mol. The minimum absolute atomic E-state index is 0.108. The lowest BCUT2D eigenvalue weighted by Gasteiger charge is -2.03. The van der Waals surface area contributed by atoms with Crippen molar-refractivity contribution in [3.63, 3.8) is 0 Å². The molecule has 0 aliphatic carbocycles. The molecule has 4 nitrogen and oxygen atoms in total. The third-order valence-electron chi connectivity index (χ3n) is 1.75. The SMILES string of the molecule is CC=CCNc1ccccc1[N+](=O)[O-]. The Morgan fingerprint density at radius 2 is 2.21 bits per heavy atom. The van der Waals surface area contributed by atoms with Gasteiger partial charge in [0.05, 0.1) is 4.92 Å². The molecule has 4 heteroatoms. The molecular weight excluding hydrogens is 180 g/mol. The number of nitro groups is 1. The molecule has 0 saturated carbocycles. The van der Waals surface area contributed by atoms with Crippen molar-refractivity contribution >= 4 is 11.4 Å². The third-order valence-corrected chi connectivity index (χ3v) is 1.75. The van der Waals surface area contributed by atoms with Crippen LogP contribution in [0.1, 0.15) is 6.92 Å². The predicted octanol–water partition coefficient (Wildman–Crippen LogP) is 2.58. The van der Waals surface area contributed by atoms with E-state index in [4.69, 9.17) is 0 Å². The van der Waals surface area contributed by atoms with Crippen LogP contribution in [0.3, 0.4) is 0 Å². The molecule has 1 N–H and O–H groups in total. The molecule has 14 heavy (non-hydrogen) atoms. The first-order valence-corrected chi connectivity index (χ1v) is 4.34. The summed E-state index contributed by atoms with van der Waals surface area (Å²) in [6.07, 6.45) is 3.79. The van der Waals surface area contributed by atoms with Gasteiger partial charge in [-0.3, -0.25) is 10.1 Å². The van der Waals surface area contributed by atoms with Crippen LogP contribution in [0.15, 0.2) is 36.4 Å². The molecule has 1 aromatic carbocycles. The van der Waals surface area contributed by atoms with Gasteiger partial charge in [-0.15, -0.1) is 0 Å². The van der Waals surface area contributed by atoms with E-state index >= 15 is 0 Å². The van der Waals surface area contributed by atoms with E-state index in [-0.39, 0.29) is 5.69 Å². The number of hydrogen-bond acceptors (Lipinski definition) is 3. The molecule has 0 unspecified atom stereocenters. The normalized spacial score (nSPS) is 10.4. The van der Waals surface area contributed by atoms with Crippen LogP contribution in [0.5, 0.6) is 0 Å². The zero-order valence-corrected chi connectivity index (χ0v) is 7.93. The number of anilines is 1. The Labute approximate surface area is 82.4 Å². The molecule has 0 amide bonds. The van der Waals surface area contributed by atoms with E-state index < -0.39 is 4.92 Å². The Morgan fingerprint density at radius 1 is 1.50 bits per heavy atom. The minimum Gasteiger partial charge on any atom is -0.376 e. The second-order valence-electron chi connectivity index (χ2n) is 2.72. The van der Waals surface area contributed by atoms with Gasteiger partial charge >= 0.3 is 0 Å². The highest BCUT2D eigenvalue weighted by atomic mass is 16.6. The van der Waals surface area contributed by atoms with E-state index in [2.05, 4.69) is 5.32 Å². The summed E-state index contributed by atoms with van der Waals surface area (Å²) >= 11 is 0. The van der Waals surface area contributed by atoms with E-state index in [1.165, 1.54) is 6.07 Å². The lowest BCUT2D eigenvalue weighted by molar-refractivity contribution is -0.383. The predicted molar refractivity (Wildman–Crippen MR) is 56.4 cm³/mol. The molecule has 0 heterocycles. The number of nitrogens with zero attached hydrogens (tertiary/aromatic N) is 1. The molecule has 0 radical (unpaired) electrons. The van der Waals surface area contributed by atoms with Crippen molar-refractivity contribution in [1.82, 2.24) is 0 Å². The van der Waals surface area contributed by atoms with Crippen LogP contribution in [-0.2, 0) is 0 Å². The van der Waals surface area contributed by atoms with Crippen molar-refractivity contribution in [2.45, 2.75) is 6.92 Å². The summed E-state index contributed by atoms with van der Waals surface area (Å²) in [4.78, 5) is 10.2. The molecular formula is C10H12N2O2. The van der Waals surface area contributed by atoms with E-state index in [1.54, 1.807) is 18.2 Å². The number of hydrogen-bond donors (Lipinski definition) is 1. The second-order valence-corrected chi connectivity index (χ2v) is 2.72. The van der Waals surface area contributed by atoms with Gasteiger partial charge in [-0.25, -0.2) is 0 Å². The number of allylic oxidation sites excluding steroid dienone is 1. The Bertz CT molecular complexity index is 348. The largest absolute Gasteiger partial charge is 0.376 e. The monoisotopic (exact) mass is 192 g/mol. The first-order valence-electron chi connectivity index (χ1n) is 4.34. The average Bonchev–Trinajstić information content (AvgIpc) is 2.19. The third kappa shape index (κ3) is 2.58. The van der Waals surface area contributed by atoms with Crippen LogP contribution in [0.25, 0.3) is 0 Å². The molecule has 0 spiro atoms. The van der Waals surface area contributed by atoms with Gasteiger partial charge in [-0.05, 0) is 13.0 Å². The molecule has 1 rings (SSSR count). The van der Waals surface area contributed by atoms with Gasteiger partial charge in [-0.1, -0.05) is 24.3 Å². The van der Waals surface area contributed by atoms with Crippen LogP contribution in [0.2, 0.25) is 0 Å². The summed E-state index contributed by atoms with van der Waals surface area (Å²) in [7, 11) is 0. The molecule has 1 aromatic rings. The van der Waals surface area contributed by atoms with E-state index in [1.807, 2.05) is 19.1 Å². The fourth-order valence-electron chi connectivity index (χ4n) is 1.07. The highest BCUT2D eigenvalue weighted by molar-refractivity contribution is 5.61. The smallest absolute Gasteiger partial charge is 0.292 e. The Hall–Kier alpha value is -1.84. The molecule has 0 atom stereocenters. The van der Waals surface area contributed by atoms with Gasteiger partial charge in [0.15, 0.2) is 0 Å². The Morgan fingerprint density at radius 3 is 2.86 bits per heavy atom. The van der Waals surface area contributed by atoms with Crippen LogP contribution in [-0.4, -0.2) is 11.5 Å². The molecule has 0 aromatic heterocycles. The topological polar surface area (TPSA) is 55.2 Å². The van der Waals surface area contributed by atoms with E-state index in [9.17, 15) is 10.1 Å². The Balaban J connectivity index is 2.79. The number of nitrogens with one attached hydrogen (secondary N) is 1. The lowest BCUT2D eigenvalue weighted by Crippen LogP contribution is -2.01. The first-order chi connectivity index (χ1) is 6.75. The molecule has 0 aliphatic heterocycles. The minimum atomic E-state index is -0.391. The van der Waals surface area contributed by atoms with Crippen molar-refractivity contribution in [3.05, 3.63) is 46.5 Å². The highest BCUT2D eigenvalue weighted by Gasteiger charge is 2.10. The van der Waals surface area contributed by atoms with Gasteiger partial charge in [0.1, 0.15) is 5.69 Å². The first kappa shape index (κ1) is 10.2. The molecule has 0 fully saturated rings. The van der Waals surface area contributed by atoms with E-state index in [0.29, 0.717) is 12.2 Å². The highest BCUT2D eigenvalue weighted by Crippen LogP contribution is 2.22. The lowest BCUT2D eigenvalue weighted by atomic mass is 10.2. The maximum atomic E-state index is 10.6. The summed E-state index contributed by atoms with van der Waals surface area (Å²) in [6.45, 7) is 2.50. The molecule has 0 saturated heterocycles. The molecule has 74 valence electrons. The van der Waals surface area contributed by atoms with Gasteiger partial charge in [0.2, 0.25) is 0 Å². The zero-order chi connectivity index (χ0) is 10.4. The summed E-state index contributed by atoms with van der Waals surface area (Å²) < 4.78 is 0. The second kappa shape index (κ2) is 5.01. The van der Waals surface area contributed by atoms with Crippen molar-refractivity contribution in [3.8, 4) is 0 Å². The van der Waals surface area contributed by atoms with Crippen molar-refractivity contribution in [2.24, 2.45) is 0 Å². The summed E-state index contributed by atoms with van der Waals surface area (Å²) in [5.41, 5.74) is 0.660. The maximum absolute atomic E-state index is 10.6. The summed E-state index contributed by atoms with van der Waals surface area (Å²) in [5.74, 6) is 0. The van der Waals surface area contributed by atoms with Gasteiger partial charge in [-0.2, -0.15) is 0 Å². The van der Waals surface area contributed by atoms with Crippen LogP contribution in [0, 0.1) is 10.1 Å². The number of rotatable bonds is 4.